The van der Waals surface area contributed by atoms with Crippen molar-refractivity contribution >= 4 is 44.8 Å². The first kappa shape index (κ1) is 26.7. The normalized spacial score (nSPS) is 11.1. The van der Waals surface area contributed by atoms with Gasteiger partial charge in [-0.15, -0.1) is 0 Å². The summed E-state index contributed by atoms with van der Waals surface area (Å²) in [6.45, 7) is 0.630. The van der Waals surface area contributed by atoms with E-state index in [9.17, 15) is 13.2 Å². The highest BCUT2D eigenvalue weighted by Crippen LogP contribution is 2.36. The van der Waals surface area contributed by atoms with Gasteiger partial charge >= 0.3 is 0 Å². The Morgan fingerprint density at radius 1 is 0.971 bits per heavy atom. The van der Waals surface area contributed by atoms with E-state index < -0.39 is 10.0 Å². The predicted octanol–water partition coefficient (Wildman–Crippen LogP) is 5.53. The molecule has 3 aromatic rings. The van der Waals surface area contributed by atoms with Gasteiger partial charge in [0.15, 0.2) is 5.75 Å². The maximum Gasteiger partial charge on any atom is 0.232 e. The van der Waals surface area contributed by atoms with Crippen LogP contribution in [0.3, 0.4) is 0 Å². The molecule has 1 amide bonds. The average Bonchev–Trinajstić information content (AvgIpc) is 2.82. The largest absolute Gasteiger partial charge is 0.490 e. The number of hydrogen-bond donors (Lipinski definition) is 1. The topological polar surface area (TPSA) is 84.9 Å². The smallest absolute Gasteiger partial charge is 0.232 e. The van der Waals surface area contributed by atoms with E-state index in [4.69, 9.17) is 32.7 Å². The first-order chi connectivity index (χ1) is 16.7. The molecule has 0 unspecified atom stereocenters. The summed E-state index contributed by atoms with van der Waals surface area (Å²) >= 11 is 12.2. The Morgan fingerprint density at radius 2 is 1.69 bits per heavy atom. The molecule has 0 aromatic heterocycles. The molecule has 3 aromatic carbocycles. The highest BCUT2D eigenvalue weighted by Gasteiger charge is 2.22. The molecule has 0 saturated heterocycles. The lowest BCUT2D eigenvalue weighted by molar-refractivity contribution is -0.121. The summed E-state index contributed by atoms with van der Waals surface area (Å²) in [5.74, 6) is 1.23. The van der Waals surface area contributed by atoms with Crippen LogP contribution in [0.15, 0.2) is 72.8 Å². The Hall–Kier alpha value is -2.94. The molecule has 0 aliphatic rings. The first-order valence-electron chi connectivity index (χ1n) is 10.9. The van der Waals surface area contributed by atoms with Gasteiger partial charge in [0.05, 0.1) is 23.5 Å². The summed E-state index contributed by atoms with van der Waals surface area (Å²) in [4.78, 5) is 12.2. The molecule has 0 aliphatic heterocycles. The van der Waals surface area contributed by atoms with Crippen LogP contribution in [0.5, 0.6) is 17.2 Å². The van der Waals surface area contributed by atoms with Gasteiger partial charge in [-0.25, -0.2) is 8.42 Å². The number of para-hydroxylation sites is 2. The number of carbonyl (C=O) groups excluding carboxylic acids is 1. The Balaban J connectivity index is 1.57. The Morgan fingerprint density at radius 3 is 2.40 bits per heavy atom. The summed E-state index contributed by atoms with van der Waals surface area (Å²) in [6.07, 6.45) is 1.53. The van der Waals surface area contributed by atoms with Crippen molar-refractivity contribution in [2.24, 2.45) is 0 Å². The van der Waals surface area contributed by atoms with E-state index in [1.807, 2.05) is 24.3 Å². The van der Waals surface area contributed by atoms with Crippen LogP contribution in [-0.4, -0.2) is 40.3 Å². The fourth-order valence-corrected chi connectivity index (χ4v) is 4.55. The molecule has 0 aliphatic carbocycles. The first-order valence-corrected chi connectivity index (χ1v) is 13.5. The van der Waals surface area contributed by atoms with Crippen LogP contribution in [0.2, 0.25) is 10.0 Å². The molecule has 35 heavy (non-hydrogen) atoms. The van der Waals surface area contributed by atoms with Gasteiger partial charge in [-0.1, -0.05) is 53.5 Å². The van der Waals surface area contributed by atoms with Crippen LogP contribution in [0.1, 0.15) is 12.8 Å². The summed E-state index contributed by atoms with van der Waals surface area (Å²) in [5.41, 5.74) is 0.303. The average molecular weight is 537 g/mol. The number of nitrogens with zero attached hydrogens (tertiary/aromatic N) is 1. The van der Waals surface area contributed by atoms with E-state index in [0.29, 0.717) is 45.9 Å². The van der Waals surface area contributed by atoms with E-state index in [-0.39, 0.29) is 25.5 Å². The number of rotatable bonds is 12. The number of benzene rings is 3. The highest BCUT2D eigenvalue weighted by atomic mass is 35.5. The molecule has 0 heterocycles. The Kier molecular flexibility index (Phi) is 9.65. The van der Waals surface area contributed by atoms with E-state index in [1.54, 1.807) is 42.5 Å². The summed E-state index contributed by atoms with van der Waals surface area (Å²) < 4.78 is 37.8. The summed E-state index contributed by atoms with van der Waals surface area (Å²) in [5, 5.41) is 3.62. The molecule has 186 valence electrons. The lowest BCUT2D eigenvalue weighted by Crippen LogP contribution is -2.33. The summed E-state index contributed by atoms with van der Waals surface area (Å²) in [6, 6.07) is 20.9. The third-order valence-corrected chi connectivity index (χ3v) is 6.57. The van der Waals surface area contributed by atoms with Crippen LogP contribution in [-0.2, 0) is 14.8 Å². The van der Waals surface area contributed by atoms with E-state index in [0.717, 1.165) is 6.26 Å². The zero-order chi connectivity index (χ0) is 25.3. The standard InChI is InChI=1S/C25H26Cl2N2O5S/c1-35(31,32)29(22-18-19(26)13-14-24(22)34-20-8-3-2-4-9-20)16-7-12-25(30)28-15-17-33-23-11-6-5-10-21(23)27/h2-6,8-11,13-14,18H,7,12,15-17H2,1H3,(H,28,30). The van der Waals surface area contributed by atoms with Crippen molar-refractivity contribution in [2.75, 3.05) is 30.3 Å². The van der Waals surface area contributed by atoms with E-state index in [2.05, 4.69) is 5.32 Å². The minimum Gasteiger partial charge on any atom is -0.490 e. The maximum atomic E-state index is 12.6. The second-order valence-corrected chi connectivity index (χ2v) is 10.3. The number of sulfonamides is 1. The molecular weight excluding hydrogens is 511 g/mol. The number of hydrogen-bond acceptors (Lipinski definition) is 5. The number of amides is 1. The molecule has 7 nitrogen and oxygen atoms in total. The van der Waals surface area contributed by atoms with Crippen molar-refractivity contribution in [2.45, 2.75) is 12.8 Å². The van der Waals surface area contributed by atoms with Crippen LogP contribution in [0.25, 0.3) is 0 Å². The Bertz CT molecular complexity index is 1240. The lowest BCUT2D eigenvalue weighted by Gasteiger charge is -2.25. The molecule has 0 fully saturated rings. The van der Waals surface area contributed by atoms with Crippen LogP contribution < -0.4 is 19.1 Å². The number of nitrogens with one attached hydrogen (secondary N) is 1. The minimum atomic E-state index is -3.67. The van der Waals surface area contributed by atoms with E-state index >= 15 is 0 Å². The predicted molar refractivity (Wildman–Crippen MR) is 139 cm³/mol. The second-order valence-electron chi connectivity index (χ2n) is 7.59. The van der Waals surface area contributed by atoms with Gasteiger partial charge in [0.1, 0.15) is 18.1 Å². The van der Waals surface area contributed by atoms with Gasteiger partial charge in [-0.05, 0) is 48.9 Å². The number of carbonyl (C=O) groups is 1. The zero-order valence-electron chi connectivity index (χ0n) is 19.1. The number of halogens is 2. The molecule has 10 heteroatoms. The van der Waals surface area contributed by atoms with Crippen molar-refractivity contribution in [1.29, 1.82) is 0 Å². The third-order valence-electron chi connectivity index (χ3n) is 4.84. The SMILES string of the molecule is CS(=O)(=O)N(CCCC(=O)NCCOc1ccccc1Cl)c1cc(Cl)ccc1Oc1ccccc1. The number of anilines is 1. The van der Waals surface area contributed by atoms with Crippen LogP contribution in [0.4, 0.5) is 5.69 Å². The zero-order valence-corrected chi connectivity index (χ0v) is 21.4. The molecular formula is C25H26Cl2N2O5S. The van der Waals surface area contributed by atoms with Gasteiger partial charge in [-0.3, -0.25) is 9.10 Å². The molecule has 0 spiro atoms. The van der Waals surface area contributed by atoms with Crippen molar-refractivity contribution < 1.29 is 22.7 Å². The fraction of sp³-hybridized carbons (Fsp3) is 0.240. The van der Waals surface area contributed by atoms with Gasteiger partial charge in [0, 0.05) is 18.0 Å². The second kappa shape index (κ2) is 12.7. The van der Waals surface area contributed by atoms with Gasteiger partial charge < -0.3 is 14.8 Å². The van der Waals surface area contributed by atoms with Crippen molar-refractivity contribution in [3.05, 3.63) is 82.8 Å². The van der Waals surface area contributed by atoms with Gasteiger partial charge in [-0.2, -0.15) is 0 Å². The van der Waals surface area contributed by atoms with Crippen molar-refractivity contribution in [1.82, 2.24) is 5.32 Å². The highest BCUT2D eigenvalue weighted by molar-refractivity contribution is 7.92. The molecule has 3 rings (SSSR count). The lowest BCUT2D eigenvalue weighted by atomic mass is 10.2. The van der Waals surface area contributed by atoms with Gasteiger partial charge in [0.25, 0.3) is 0 Å². The van der Waals surface area contributed by atoms with E-state index in [1.165, 1.54) is 10.4 Å². The Labute approximate surface area is 215 Å². The fourth-order valence-electron chi connectivity index (χ4n) is 3.24. The van der Waals surface area contributed by atoms with Crippen LogP contribution in [0, 0.1) is 0 Å². The van der Waals surface area contributed by atoms with Crippen molar-refractivity contribution in [3.63, 3.8) is 0 Å². The molecule has 1 N–H and O–H groups in total. The van der Waals surface area contributed by atoms with Gasteiger partial charge in [0.2, 0.25) is 15.9 Å². The monoisotopic (exact) mass is 536 g/mol. The number of ether oxygens (including phenoxy) is 2. The molecule has 0 saturated carbocycles. The van der Waals surface area contributed by atoms with Crippen molar-refractivity contribution in [3.8, 4) is 17.2 Å². The maximum absolute atomic E-state index is 12.6. The minimum absolute atomic E-state index is 0.0773. The van der Waals surface area contributed by atoms with Crippen LogP contribution >= 0.6 is 23.2 Å². The molecule has 0 atom stereocenters. The molecule has 0 radical (unpaired) electrons. The summed E-state index contributed by atoms with van der Waals surface area (Å²) in [7, 11) is -3.67. The quantitative estimate of drug-likeness (QED) is 0.307. The molecule has 0 bridgehead atoms. The third kappa shape index (κ3) is 8.35.